The van der Waals surface area contributed by atoms with Crippen LogP contribution in [-0.4, -0.2) is 208 Å². The van der Waals surface area contributed by atoms with Crippen molar-refractivity contribution in [2.45, 2.75) is 204 Å². The number of carbonyl (C=O) groups excluding carboxylic acids is 1. The normalized spacial score (nSPS) is 38.8. The van der Waals surface area contributed by atoms with Crippen molar-refractivity contribution in [3.63, 3.8) is 0 Å². The highest BCUT2D eigenvalue weighted by Crippen LogP contribution is 2.39. The number of aromatic nitrogens is 3. The van der Waals surface area contributed by atoms with Crippen molar-refractivity contribution in [1.82, 2.24) is 24.8 Å². The Kier molecular flexibility index (Phi) is 22.6. The molecule has 75 heavy (non-hydrogen) atoms. The SMILES string of the molecule is C=CCOc1ccc([C@@H](OC)[C@@H](CF)n2cc(CCN(C)[C@H]3C[C@@H](C)O[C@@H](O[C@@H]4[C@@H](C)[C@H](OC[C@H]5C[C@@](C)(OC)[C@@H](O)[C@H](C)O5)[C@@H](C)C(=O)O[C@H](CC)[C@@](C)(O)[C@H](O)[C@@H](C)N(C)C[C@H](C)C[C@@]4(C)O)[C@@H]3O)nn2)cc1. The highest BCUT2D eigenvalue weighted by atomic mass is 19.1. The second-order valence-electron chi connectivity index (χ2n) is 22.6. The number of benzene rings is 1. The molecule has 5 rings (SSSR count). The van der Waals surface area contributed by atoms with Crippen molar-refractivity contribution >= 4 is 5.97 Å². The zero-order valence-corrected chi connectivity index (χ0v) is 47.1. The van der Waals surface area contributed by atoms with Crippen molar-refractivity contribution < 1.29 is 72.6 Å². The summed E-state index contributed by atoms with van der Waals surface area (Å²) in [6.07, 6.45) is -5.31. The first-order valence-corrected chi connectivity index (χ1v) is 26.8. The number of ether oxygens (including phenoxy) is 8. The maximum atomic E-state index is 14.8. The molecule has 20 atom stereocenters. The molecule has 3 saturated heterocycles. The van der Waals surface area contributed by atoms with Gasteiger partial charge >= 0.3 is 5.97 Å². The zero-order valence-electron chi connectivity index (χ0n) is 47.1. The predicted octanol–water partition coefficient (Wildman–Crippen LogP) is 4.61. The van der Waals surface area contributed by atoms with E-state index >= 15 is 0 Å². The van der Waals surface area contributed by atoms with Gasteiger partial charge in [-0.15, -0.1) is 5.10 Å². The smallest absolute Gasteiger partial charge is 0.311 e. The van der Waals surface area contributed by atoms with Gasteiger partial charge in [0.2, 0.25) is 0 Å². The van der Waals surface area contributed by atoms with E-state index in [0.29, 0.717) is 44.0 Å². The lowest BCUT2D eigenvalue weighted by atomic mass is 9.77. The average Bonchev–Trinajstić information content (AvgIpc) is 3.84. The molecule has 0 spiro atoms. The van der Waals surface area contributed by atoms with Crippen LogP contribution in [0.3, 0.4) is 0 Å². The van der Waals surface area contributed by atoms with Crippen molar-refractivity contribution in [3.05, 3.63) is 54.4 Å². The number of alkyl halides is 1. The number of halogens is 1. The summed E-state index contributed by atoms with van der Waals surface area (Å²) in [5.41, 5.74) is -3.08. The maximum Gasteiger partial charge on any atom is 0.311 e. The lowest BCUT2D eigenvalue weighted by molar-refractivity contribution is -0.301. The highest BCUT2D eigenvalue weighted by molar-refractivity contribution is 5.73. The molecule has 0 amide bonds. The molecule has 4 heterocycles. The van der Waals surface area contributed by atoms with Gasteiger partial charge in [-0.05, 0) is 105 Å². The molecule has 0 aliphatic carbocycles. The summed E-state index contributed by atoms with van der Waals surface area (Å²) in [6, 6.07) is 5.38. The maximum absolute atomic E-state index is 14.8. The van der Waals surface area contributed by atoms with Crippen LogP contribution >= 0.6 is 0 Å². The molecule has 3 aliphatic rings. The third-order valence-corrected chi connectivity index (χ3v) is 16.3. The van der Waals surface area contributed by atoms with Gasteiger partial charge in [-0.1, -0.05) is 50.8 Å². The molecule has 5 N–H and O–H groups in total. The molecule has 0 unspecified atom stereocenters. The average molecular weight is 1070 g/mol. The number of aliphatic hydroxyl groups is 5. The molecule has 20 heteroatoms. The van der Waals surface area contributed by atoms with E-state index in [4.69, 9.17) is 37.9 Å². The van der Waals surface area contributed by atoms with Gasteiger partial charge in [0.05, 0.1) is 59.9 Å². The Morgan fingerprint density at radius 2 is 1.69 bits per heavy atom. The monoisotopic (exact) mass is 1070 g/mol. The summed E-state index contributed by atoms with van der Waals surface area (Å²) in [7, 11) is 6.77. The predicted molar refractivity (Wildman–Crippen MR) is 279 cm³/mol. The summed E-state index contributed by atoms with van der Waals surface area (Å²) in [4.78, 5) is 18.4. The van der Waals surface area contributed by atoms with E-state index in [1.165, 1.54) is 25.8 Å². The minimum absolute atomic E-state index is 0.0359. The minimum Gasteiger partial charge on any atom is -0.490 e. The molecular formula is C55H92FN5O14. The molecule has 0 saturated carbocycles. The van der Waals surface area contributed by atoms with Crippen molar-refractivity contribution in [2.24, 2.45) is 17.8 Å². The summed E-state index contributed by atoms with van der Waals surface area (Å²) < 4.78 is 65.9. The van der Waals surface area contributed by atoms with Gasteiger partial charge in [0, 0.05) is 64.3 Å². The molecule has 0 radical (unpaired) electrons. The Balaban J connectivity index is 1.42. The van der Waals surface area contributed by atoms with Crippen molar-refractivity contribution in [3.8, 4) is 5.75 Å². The minimum atomic E-state index is -1.84. The van der Waals surface area contributed by atoms with E-state index in [1.807, 2.05) is 56.8 Å². The third kappa shape index (κ3) is 15.1. The highest BCUT2D eigenvalue weighted by Gasteiger charge is 2.52. The number of aliphatic hydroxyl groups excluding tert-OH is 3. The number of likely N-dealkylation sites (N-methyl/N-ethyl adjacent to an activating group) is 2. The van der Waals surface area contributed by atoms with E-state index in [1.54, 1.807) is 65.9 Å². The Labute approximate surface area is 444 Å². The van der Waals surface area contributed by atoms with Gasteiger partial charge in [0.15, 0.2) is 6.29 Å². The van der Waals surface area contributed by atoms with E-state index in [2.05, 4.69) is 16.9 Å². The number of carbonyl (C=O) groups is 1. The second kappa shape index (κ2) is 27.1. The van der Waals surface area contributed by atoms with Gasteiger partial charge < -0.3 is 73.2 Å². The summed E-state index contributed by atoms with van der Waals surface area (Å²) in [5.74, 6) is -2.08. The molecule has 0 bridgehead atoms. The third-order valence-electron chi connectivity index (χ3n) is 16.3. The number of hydrogen-bond donors (Lipinski definition) is 5. The fourth-order valence-corrected chi connectivity index (χ4v) is 11.7. The standard InChI is InChI=1S/C55H92FN5O14/c1-16-24-70-40-20-18-38(19-21-40)47(68-14)43(28-56)61-30-39(57-58-61)22-23-59(12)42-25-33(4)72-52(45(42)62)75-50-34(5)46(71-31-41-27-54(10,69-15)49(64)37(8)73-41)35(6)51(65)74-44(17-2)55(11,67)48(63)36(7)60(13)29-32(3)26-53(50,9)66/h16,18-21,30,32-37,41-50,52,62-64,66-67H,1,17,22-29,31H2,2-15H3/t32-,33-,34+,35-,36-,37+,41-,42+,43-,44-,45-,46+,47-,48-,49+,50-,52+,53-,54-,55-/m1/s1. The molecule has 19 nitrogen and oxygen atoms in total. The van der Waals surface area contributed by atoms with Gasteiger partial charge in [-0.3, -0.25) is 4.79 Å². The fourth-order valence-electron chi connectivity index (χ4n) is 11.7. The fraction of sp³-hybridized carbons (Fsp3) is 0.800. The Hall–Kier alpha value is -3.22. The summed E-state index contributed by atoms with van der Waals surface area (Å²) in [5, 5.41) is 68.4. The second-order valence-corrected chi connectivity index (χ2v) is 22.6. The van der Waals surface area contributed by atoms with E-state index in [-0.39, 0.29) is 31.8 Å². The summed E-state index contributed by atoms with van der Waals surface area (Å²) >= 11 is 0. The van der Waals surface area contributed by atoms with Crippen molar-refractivity contribution in [1.29, 1.82) is 0 Å². The van der Waals surface area contributed by atoms with Crippen LogP contribution in [0.25, 0.3) is 0 Å². The van der Waals surface area contributed by atoms with Gasteiger partial charge in [0.1, 0.15) is 61.2 Å². The molecular weight excluding hydrogens is 974 g/mol. The van der Waals surface area contributed by atoms with Crippen LogP contribution in [0.5, 0.6) is 5.75 Å². The first-order chi connectivity index (χ1) is 35.3. The van der Waals surface area contributed by atoms with Crippen LogP contribution in [0.4, 0.5) is 4.39 Å². The van der Waals surface area contributed by atoms with Crippen LogP contribution in [-0.2, 0) is 44.4 Å². The number of nitrogens with zero attached hydrogens (tertiary/aromatic N) is 5. The largest absolute Gasteiger partial charge is 0.490 e. The van der Waals surface area contributed by atoms with E-state index in [0.717, 1.165) is 5.56 Å². The van der Waals surface area contributed by atoms with Crippen LogP contribution in [0, 0.1) is 17.8 Å². The van der Waals surface area contributed by atoms with Gasteiger partial charge in [0.25, 0.3) is 0 Å². The number of rotatable bonds is 19. The topological polar surface area (TPSA) is 229 Å². The Bertz CT molecular complexity index is 2070. The first-order valence-electron chi connectivity index (χ1n) is 26.8. The number of methoxy groups -OCH3 is 2. The quantitative estimate of drug-likeness (QED) is 0.0956. The van der Waals surface area contributed by atoms with E-state index in [9.17, 15) is 34.7 Å². The van der Waals surface area contributed by atoms with Crippen LogP contribution in [0.15, 0.2) is 43.1 Å². The van der Waals surface area contributed by atoms with Gasteiger partial charge in [-0.2, -0.15) is 0 Å². The molecule has 1 aromatic heterocycles. The number of cyclic esters (lactones) is 1. The molecule has 3 fully saturated rings. The van der Waals surface area contributed by atoms with Crippen LogP contribution in [0.1, 0.15) is 118 Å². The van der Waals surface area contributed by atoms with Crippen LogP contribution in [0.2, 0.25) is 0 Å². The first kappa shape index (κ1) is 62.6. The molecule has 2 aromatic rings. The Morgan fingerprint density at radius 3 is 2.31 bits per heavy atom. The molecule has 428 valence electrons. The number of esters is 1. The summed E-state index contributed by atoms with van der Waals surface area (Å²) in [6.45, 7) is 21.7. The Morgan fingerprint density at radius 1 is 1.01 bits per heavy atom. The molecule has 3 aliphatic heterocycles. The molecule has 1 aromatic carbocycles. The lowest BCUT2D eigenvalue weighted by Crippen LogP contribution is -2.60. The van der Waals surface area contributed by atoms with Crippen molar-refractivity contribution in [2.75, 3.05) is 61.3 Å². The van der Waals surface area contributed by atoms with Gasteiger partial charge in [-0.25, -0.2) is 9.07 Å². The number of hydrogen-bond acceptors (Lipinski definition) is 18. The zero-order chi connectivity index (χ0) is 55.7. The van der Waals surface area contributed by atoms with Crippen LogP contribution < -0.4 is 4.74 Å². The van der Waals surface area contributed by atoms with E-state index < -0.39 is 127 Å². The lowest BCUT2D eigenvalue weighted by Gasteiger charge is -2.48.